The van der Waals surface area contributed by atoms with Gasteiger partial charge in [0.05, 0.1) is 13.2 Å². The second-order valence-corrected chi connectivity index (χ2v) is 4.58. The summed E-state index contributed by atoms with van der Waals surface area (Å²) in [4.78, 5) is 18.1. The highest BCUT2D eigenvalue weighted by Gasteiger charge is 2.12. The predicted molar refractivity (Wildman–Crippen MR) is 74.3 cm³/mol. The van der Waals surface area contributed by atoms with E-state index in [1.54, 1.807) is 0 Å². The lowest BCUT2D eigenvalue weighted by Crippen LogP contribution is -2.36. The molecule has 1 aromatic rings. The van der Waals surface area contributed by atoms with Gasteiger partial charge in [-0.25, -0.2) is 4.98 Å². The van der Waals surface area contributed by atoms with Crippen molar-refractivity contribution in [3.05, 3.63) is 23.9 Å². The van der Waals surface area contributed by atoms with E-state index in [1.807, 2.05) is 19.2 Å². The molecule has 1 fully saturated rings. The van der Waals surface area contributed by atoms with E-state index in [0.29, 0.717) is 13.0 Å². The minimum absolute atomic E-state index is 0.104. The largest absolute Gasteiger partial charge is 0.378 e. The molecule has 0 atom stereocenters. The fraction of sp³-hybridized carbons (Fsp3) is 0.571. The molecule has 19 heavy (non-hydrogen) atoms. The maximum atomic E-state index is 11.4. The number of nitrogens with zero attached hydrogens (tertiary/aromatic N) is 2. The van der Waals surface area contributed by atoms with Crippen LogP contribution in [0.15, 0.2) is 18.3 Å². The molecular formula is C14H21N3O2. The molecule has 1 N–H and O–H groups in total. The number of anilines is 1. The minimum atomic E-state index is 0.104. The summed E-state index contributed by atoms with van der Waals surface area (Å²) in [6, 6.07) is 4.05. The zero-order valence-corrected chi connectivity index (χ0v) is 11.4. The van der Waals surface area contributed by atoms with Crippen molar-refractivity contribution in [2.75, 3.05) is 37.7 Å². The number of hydrogen-bond donors (Lipinski definition) is 1. The van der Waals surface area contributed by atoms with Crippen molar-refractivity contribution in [3.63, 3.8) is 0 Å². The first-order valence-electron chi connectivity index (χ1n) is 6.84. The van der Waals surface area contributed by atoms with Crippen LogP contribution in [-0.2, 0) is 16.0 Å². The van der Waals surface area contributed by atoms with Crippen LogP contribution in [0.3, 0.4) is 0 Å². The molecule has 1 saturated heterocycles. The molecule has 0 aromatic carbocycles. The SMILES string of the molecule is CCNC(=O)CCc1ccnc(N2CCOCC2)c1. The highest BCUT2D eigenvalue weighted by molar-refractivity contribution is 5.76. The Morgan fingerprint density at radius 1 is 1.47 bits per heavy atom. The van der Waals surface area contributed by atoms with E-state index in [-0.39, 0.29) is 5.91 Å². The van der Waals surface area contributed by atoms with Gasteiger partial charge in [-0.05, 0) is 31.0 Å². The standard InChI is InChI=1S/C14H21N3O2/c1-2-15-14(18)4-3-12-5-6-16-13(11-12)17-7-9-19-10-8-17/h5-6,11H,2-4,7-10H2,1H3,(H,15,18). The Bertz CT molecular complexity index is 417. The number of ether oxygens (including phenoxy) is 1. The number of rotatable bonds is 5. The molecule has 2 heterocycles. The first-order chi connectivity index (χ1) is 9.29. The van der Waals surface area contributed by atoms with Gasteiger partial charge in [-0.1, -0.05) is 0 Å². The van der Waals surface area contributed by atoms with E-state index in [0.717, 1.165) is 44.1 Å². The van der Waals surface area contributed by atoms with Crippen molar-refractivity contribution in [1.82, 2.24) is 10.3 Å². The Kier molecular flexibility index (Phi) is 5.15. The average molecular weight is 263 g/mol. The number of pyridine rings is 1. The molecule has 1 aliphatic heterocycles. The Morgan fingerprint density at radius 3 is 3.00 bits per heavy atom. The molecule has 0 saturated carbocycles. The summed E-state index contributed by atoms with van der Waals surface area (Å²) in [5, 5.41) is 2.81. The van der Waals surface area contributed by atoms with Crippen LogP contribution in [0, 0.1) is 0 Å². The lowest BCUT2D eigenvalue weighted by Gasteiger charge is -2.28. The van der Waals surface area contributed by atoms with E-state index in [1.165, 1.54) is 0 Å². The monoisotopic (exact) mass is 263 g/mol. The zero-order valence-electron chi connectivity index (χ0n) is 11.4. The van der Waals surface area contributed by atoms with Crippen LogP contribution in [0.1, 0.15) is 18.9 Å². The predicted octanol–water partition coefficient (Wildman–Crippen LogP) is 0.987. The highest BCUT2D eigenvalue weighted by atomic mass is 16.5. The van der Waals surface area contributed by atoms with Crippen molar-refractivity contribution < 1.29 is 9.53 Å². The summed E-state index contributed by atoms with van der Waals surface area (Å²) in [5.41, 5.74) is 1.16. The normalized spacial score (nSPS) is 15.3. The molecule has 1 aromatic heterocycles. The lowest BCUT2D eigenvalue weighted by molar-refractivity contribution is -0.120. The first kappa shape index (κ1) is 13.8. The van der Waals surface area contributed by atoms with Gasteiger partial charge in [0.1, 0.15) is 5.82 Å². The van der Waals surface area contributed by atoms with Gasteiger partial charge in [0.25, 0.3) is 0 Å². The van der Waals surface area contributed by atoms with Crippen molar-refractivity contribution in [1.29, 1.82) is 0 Å². The van der Waals surface area contributed by atoms with E-state index < -0.39 is 0 Å². The number of hydrogen-bond acceptors (Lipinski definition) is 4. The third-order valence-electron chi connectivity index (χ3n) is 3.16. The van der Waals surface area contributed by atoms with Gasteiger partial charge in [-0.2, -0.15) is 0 Å². The molecule has 0 spiro atoms. The molecular weight excluding hydrogens is 242 g/mol. The Morgan fingerprint density at radius 2 is 2.26 bits per heavy atom. The molecule has 0 radical (unpaired) electrons. The van der Waals surface area contributed by atoms with Crippen LogP contribution in [0.4, 0.5) is 5.82 Å². The molecule has 2 rings (SSSR count). The Hall–Kier alpha value is -1.62. The summed E-state index contributed by atoms with van der Waals surface area (Å²) >= 11 is 0. The number of amides is 1. The van der Waals surface area contributed by atoms with E-state index >= 15 is 0 Å². The van der Waals surface area contributed by atoms with Crippen LogP contribution >= 0.6 is 0 Å². The first-order valence-corrected chi connectivity index (χ1v) is 6.84. The van der Waals surface area contributed by atoms with E-state index in [9.17, 15) is 4.79 Å². The van der Waals surface area contributed by atoms with Crippen molar-refractivity contribution in [2.24, 2.45) is 0 Å². The van der Waals surface area contributed by atoms with Crippen LogP contribution in [0.25, 0.3) is 0 Å². The van der Waals surface area contributed by atoms with Gasteiger partial charge in [-0.15, -0.1) is 0 Å². The van der Waals surface area contributed by atoms with Gasteiger partial charge in [0.15, 0.2) is 0 Å². The fourth-order valence-corrected chi connectivity index (χ4v) is 2.12. The summed E-state index contributed by atoms with van der Waals surface area (Å²) in [5.74, 6) is 1.09. The van der Waals surface area contributed by atoms with E-state index in [2.05, 4.69) is 21.3 Å². The van der Waals surface area contributed by atoms with Crippen molar-refractivity contribution in [2.45, 2.75) is 19.8 Å². The topological polar surface area (TPSA) is 54.5 Å². The molecule has 0 bridgehead atoms. The van der Waals surface area contributed by atoms with Crippen molar-refractivity contribution in [3.8, 4) is 0 Å². The number of morpholine rings is 1. The van der Waals surface area contributed by atoms with Gasteiger partial charge < -0.3 is 15.0 Å². The Balaban J connectivity index is 1.92. The Labute approximate surface area is 114 Å². The molecule has 104 valence electrons. The quantitative estimate of drug-likeness (QED) is 0.860. The molecule has 5 heteroatoms. The molecule has 0 aliphatic carbocycles. The maximum absolute atomic E-state index is 11.4. The number of aryl methyl sites for hydroxylation is 1. The van der Waals surface area contributed by atoms with Crippen molar-refractivity contribution >= 4 is 11.7 Å². The molecule has 0 unspecified atom stereocenters. The minimum Gasteiger partial charge on any atom is -0.378 e. The van der Waals surface area contributed by atoms with Gasteiger partial charge in [0, 0.05) is 32.3 Å². The molecule has 5 nitrogen and oxygen atoms in total. The summed E-state index contributed by atoms with van der Waals surface area (Å²) in [6.07, 6.45) is 3.10. The smallest absolute Gasteiger partial charge is 0.220 e. The summed E-state index contributed by atoms with van der Waals surface area (Å²) < 4.78 is 5.33. The van der Waals surface area contributed by atoms with Gasteiger partial charge in [0.2, 0.25) is 5.91 Å². The second-order valence-electron chi connectivity index (χ2n) is 4.58. The average Bonchev–Trinajstić information content (AvgIpc) is 2.47. The zero-order chi connectivity index (χ0) is 13.5. The van der Waals surface area contributed by atoms with Crippen LogP contribution in [-0.4, -0.2) is 43.7 Å². The molecule has 1 amide bonds. The van der Waals surface area contributed by atoms with Gasteiger partial charge in [-0.3, -0.25) is 4.79 Å². The van der Waals surface area contributed by atoms with Crippen LogP contribution in [0.5, 0.6) is 0 Å². The number of carbonyl (C=O) groups excluding carboxylic acids is 1. The molecule has 1 aliphatic rings. The fourth-order valence-electron chi connectivity index (χ4n) is 2.12. The maximum Gasteiger partial charge on any atom is 0.220 e. The van der Waals surface area contributed by atoms with Crippen LogP contribution < -0.4 is 10.2 Å². The summed E-state index contributed by atoms with van der Waals surface area (Å²) in [6.45, 7) is 5.89. The van der Waals surface area contributed by atoms with E-state index in [4.69, 9.17) is 4.74 Å². The summed E-state index contributed by atoms with van der Waals surface area (Å²) in [7, 11) is 0. The van der Waals surface area contributed by atoms with Gasteiger partial charge >= 0.3 is 0 Å². The third kappa shape index (κ3) is 4.21. The number of carbonyl (C=O) groups is 1. The highest BCUT2D eigenvalue weighted by Crippen LogP contribution is 2.15. The van der Waals surface area contributed by atoms with Crippen LogP contribution in [0.2, 0.25) is 0 Å². The number of aromatic nitrogens is 1. The third-order valence-corrected chi connectivity index (χ3v) is 3.16. The number of nitrogens with one attached hydrogen (secondary N) is 1. The second kappa shape index (κ2) is 7.09. The lowest BCUT2D eigenvalue weighted by atomic mass is 10.1.